The number of hydrogen-bond acceptors (Lipinski definition) is 2. The van der Waals surface area contributed by atoms with Gasteiger partial charge < -0.3 is 10.0 Å². The number of carboxylic acid groups (broad SMARTS) is 1. The summed E-state index contributed by atoms with van der Waals surface area (Å²) in [5.74, 6) is -0.757. The van der Waals surface area contributed by atoms with Crippen molar-refractivity contribution in [2.45, 2.75) is 32.6 Å². The summed E-state index contributed by atoms with van der Waals surface area (Å²) in [6.45, 7) is 6.63. The van der Waals surface area contributed by atoms with E-state index in [0.717, 1.165) is 17.7 Å². The lowest BCUT2D eigenvalue weighted by Crippen LogP contribution is -2.35. The normalized spacial score (nSPS) is 14.6. The van der Waals surface area contributed by atoms with Crippen LogP contribution in [0, 0.1) is 13.8 Å². The monoisotopic (exact) mass is 249 g/mol. The Bertz CT molecular complexity index is 440. The van der Waals surface area contributed by atoms with Crippen molar-refractivity contribution in [1.29, 1.82) is 0 Å². The molecule has 1 aromatic rings. The number of nitrogens with zero attached hydrogens (tertiary/aromatic N) is 1. The van der Waals surface area contributed by atoms with Crippen LogP contribution in [0.25, 0.3) is 0 Å². The first-order valence-corrected chi connectivity index (χ1v) is 6.23. The van der Waals surface area contributed by atoms with Crippen LogP contribution < -0.4 is 0 Å². The second-order valence-corrected chi connectivity index (χ2v) is 5.49. The summed E-state index contributed by atoms with van der Waals surface area (Å²) in [6, 6.07) is 5.94. The zero-order valence-electron chi connectivity index (χ0n) is 11.9. The summed E-state index contributed by atoms with van der Waals surface area (Å²) in [5.41, 5.74) is 2.41. The Hall–Kier alpha value is -1.35. The molecule has 1 unspecified atom stereocenters. The first kappa shape index (κ1) is 14.7. The van der Waals surface area contributed by atoms with Gasteiger partial charge >= 0.3 is 5.97 Å². The number of benzene rings is 1. The van der Waals surface area contributed by atoms with Crippen molar-refractivity contribution in [3.05, 3.63) is 34.9 Å². The third-order valence-corrected chi connectivity index (χ3v) is 3.68. The zero-order valence-corrected chi connectivity index (χ0v) is 11.9. The van der Waals surface area contributed by atoms with E-state index in [0.29, 0.717) is 6.42 Å². The van der Waals surface area contributed by atoms with Crippen molar-refractivity contribution in [3.8, 4) is 0 Å². The van der Waals surface area contributed by atoms with E-state index < -0.39 is 11.4 Å². The molecule has 0 bridgehead atoms. The highest BCUT2D eigenvalue weighted by Gasteiger charge is 2.35. The fourth-order valence-electron chi connectivity index (χ4n) is 1.91. The van der Waals surface area contributed by atoms with Crippen LogP contribution in [0.15, 0.2) is 18.2 Å². The molecule has 100 valence electrons. The third kappa shape index (κ3) is 3.10. The summed E-state index contributed by atoms with van der Waals surface area (Å²) < 4.78 is 0. The molecular formula is C15H23NO2. The molecule has 0 aliphatic heterocycles. The molecule has 18 heavy (non-hydrogen) atoms. The first-order valence-electron chi connectivity index (χ1n) is 6.23. The largest absolute Gasteiger partial charge is 0.481 e. The summed E-state index contributed by atoms with van der Waals surface area (Å²) in [6.07, 6.45) is 0.609. The van der Waals surface area contributed by atoms with E-state index in [2.05, 4.69) is 0 Å². The fraction of sp³-hybridized carbons (Fsp3) is 0.533. The van der Waals surface area contributed by atoms with Crippen molar-refractivity contribution in [3.63, 3.8) is 0 Å². The van der Waals surface area contributed by atoms with Crippen LogP contribution in [0.4, 0.5) is 0 Å². The molecule has 0 saturated carbocycles. The number of aryl methyl sites for hydroxylation is 2. The Morgan fingerprint density at radius 3 is 2.33 bits per heavy atom. The summed E-state index contributed by atoms with van der Waals surface area (Å²) in [4.78, 5) is 13.6. The summed E-state index contributed by atoms with van der Waals surface area (Å²) in [7, 11) is 3.92. The summed E-state index contributed by atoms with van der Waals surface area (Å²) in [5, 5.41) is 9.54. The molecular weight excluding hydrogens is 226 g/mol. The molecule has 0 amide bonds. The molecule has 1 N–H and O–H groups in total. The zero-order chi connectivity index (χ0) is 13.9. The number of carbonyl (C=O) groups is 1. The van der Waals surface area contributed by atoms with Crippen LogP contribution >= 0.6 is 0 Å². The van der Waals surface area contributed by atoms with Crippen LogP contribution in [0.5, 0.6) is 0 Å². The lowest BCUT2D eigenvalue weighted by atomic mass is 9.78. The van der Waals surface area contributed by atoms with Gasteiger partial charge in [0.15, 0.2) is 0 Å². The van der Waals surface area contributed by atoms with E-state index in [9.17, 15) is 9.90 Å². The number of aliphatic carboxylic acids is 1. The van der Waals surface area contributed by atoms with Crippen molar-refractivity contribution in [1.82, 2.24) is 4.90 Å². The number of hydrogen-bond donors (Lipinski definition) is 1. The van der Waals surface area contributed by atoms with Gasteiger partial charge in [0.25, 0.3) is 0 Å². The maximum Gasteiger partial charge on any atom is 0.313 e. The molecule has 0 fully saturated rings. The smallest absolute Gasteiger partial charge is 0.313 e. The molecule has 3 nitrogen and oxygen atoms in total. The average Bonchev–Trinajstić information content (AvgIpc) is 2.29. The second kappa shape index (κ2) is 5.53. The molecule has 0 aromatic heterocycles. The highest BCUT2D eigenvalue weighted by atomic mass is 16.4. The molecule has 1 aromatic carbocycles. The van der Waals surface area contributed by atoms with Gasteiger partial charge in [-0.05, 0) is 64.5 Å². The second-order valence-electron chi connectivity index (χ2n) is 5.49. The van der Waals surface area contributed by atoms with Gasteiger partial charge in [0, 0.05) is 0 Å². The Morgan fingerprint density at radius 2 is 1.89 bits per heavy atom. The van der Waals surface area contributed by atoms with Gasteiger partial charge in [-0.3, -0.25) is 4.79 Å². The Kier molecular flexibility index (Phi) is 4.52. The topological polar surface area (TPSA) is 40.5 Å². The molecule has 3 heteroatoms. The molecule has 1 atom stereocenters. The number of rotatable bonds is 5. The van der Waals surface area contributed by atoms with E-state index in [4.69, 9.17) is 0 Å². The molecule has 1 rings (SSSR count). The average molecular weight is 249 g/mol. The van der Waals surface area contributed by atoms with Gasteiger partial charge in [-0.25, -0.2) is 0 Å². The Labute approximate surface area is 109 Å². The van der Waals surface area contributed by atoms with Crippen molar-refractivity contribution in [2.24, 2.45) is 0 Å². The summed E-state index contributed by atoms with van der Waals surface area (Å²) >= 11 is 0. The van der Waals surface area contributed by atoms with E-state index in [1.165, 1.54) is 5.56 Å². The SMILES string of the molecule is Cc1ccc(C(C)(CCN(C)C)C(=O)O)cc1C. The van der Waals surface area contributed by atoms with E-state index in [-0.39, 0.29) is 0 Å². The minimum Gasteiger partial charge on any atom is -0.481 e. The maximum absolute atomic E-state index is 11.6. The highest BCUT2D eigenvalue weighted by Crippen LogP contribution is 2.29. The third-order valence-electron chi connectivity index (χ3n) is 3.68. The van der Waals surface area contributed by atoms with Crippen LogP contribution in [-0.2, 0) is 10.2 Å². The van der Waals surface area contributed by atoms with E-state index in [1.807, 2.05) is 58.0 Å². The van der Waals surface area contributed by atoms with Gasteiger partial charge in [-0.2, -0.15) is 0 Å². The van der Waals surface area contributed by atoms with Gasteiger partial charge in [-0.1, -0.05) is 18.2 Å². The van der Waals surface area contributed by atoms with Crippen LogP contribution in [-0.4, -0.2) is 36.6 Å². The van der Waals surface area contributed by atoms with E-state index >= 15 is 0 Å². The lowest BCUT2D eigenvalue weighted by molar-refractivity contribution is -0.143. The molecule has 0 heterocycles. The fourth-order valence-corrected chi connectivity index (χ4v) is 1.91. The van der Waals surface area contributed by atoms with Gasteiger partial charge in [0.1, 0.15) is 0 Å². The molecule has 0 saturated heterocycles. The molecule has 0 aliphatic carbocycles. The standard InChI is InChI=1S/C15H23NO2/c1-11-6-7-13(10-12(11)2)15(3,14(17)18)8-9-16(4)5/h6-7,10H,8-9H2,1-5H3,(H,17,18). The minimum absolute atomic E-state index is 0.609. The quantitative estimate of drug-likeness (QED) is 0.872. The maximum atomic E-state index is 11.6. The van der Waals surface area contributed by atoms with Crippen molar-refractivity contribution in [2.75, 3.05) is 20.6 Å². The van der Waals surface area contributed by atoms with Crippen LogP contribution in [0.1, 0.15) is 30.0 Å². The van der Waals surface area contributed by atoms with Crippen molar-refractivity contribution >= 4 is 5.97 Å². The van der Waals surface area contributed by atoms with Gasteiger partial charge in [0.05, 0.1) is 5.41 Å². The van der Waals surface area contributed by atoms with Crippen LogP contribution in [0.3, 0.4) is 0 Å². The highest BCUT2D eigenvalue weighted by molar-refractivity contribution is 5.81. The Balaban J connectivity index is 3.10. The predicted molar refractivity (Wildman–Crippen MR) is 74.1 cm³/mol. The van der Waals surface area contributed by atoms with E-state index in [1.54, 1.807) is 0 Å². The molecule has 0 radical (unpaired) electrons. The minimum atomic E-state index is -0.817. The van der Waals surface area contributed by atoms with Crippen LogP contribution in [0.2, 0.25) is 0 Å². The van der Waals surface area contributed by atoms with Gasteiger partial charge in [-0.15, -0.1) is 0 Å². The van der Waals surface area contributed by atoms with Crippen molar-refractivity contribution < 1.29 is 9.90 Å². The molecule has 0 spiro atoms. The van der Waals surface area contributed by atoms with Gasteiger partial charge in [0.2, 0.25) is 0 Å². The molecule has 0 aliphatic rings. The Morgan fingerprint density at radius 1 is 1.28 bits per heavy atom. The first-order chi connectivity index (χ1) is 8.27. The predicted octanol–water partition coefficient (Wildman–Crippen LogP) is 2.60. The lowest BCUT2D eigenvalue weighted by Gasteiger charge is -2.27. The number of carboxylic acids is 1.